The Morgan fingerprint density at radius 2 is 1.19 bits per heavy atom. The number of halogens is 1. The molecule has 0 bridgehead atoms. The van der Waals surface area contributed by atoms with E-state index >= 15 is 0 Å². The molecule has 0 aliphatic heterocycles. The van der Waals surface area contributed by atoms with Crippen LogP contribution in [0.5, 0.6) is 0 Å². The molecule has 0 N–H and O–H groups in total. The monoisotopic (exact) mass is 250 g/mol. The third-order valence-electron chi connectivity index (χ3n) is 2.32. The average Bonchev–Trinajstić information content (AvgIpc) is 2.17. The Balaban J connectivity index is 0.00000128. The van der Waals surface area contributed by atoms with Crippen LogP contribution < -0.4 is 10.6 Å². The Labute approximate surface area is 105 Å². The molecule has 0 aliphatic rings. The average molecular weight is 251 g/mol. The van der Waals surface area contributed by atoms with Crippen molar-refractivity contribution in [3.05, 3.63) is 59.7 Å². The first-order chi connectivity index (χ1) is 7.24. The fourth-order valence-electron chi connectivity index (χ4n) is 1.61. The number of aryl methyl sites for hydroxylation is 2. The Morgan fingerprint density at radius 3 is 1.56 bits per heavy atom. The normalized spacial score (nSPS) is 9.62. The molecule has 0 spiro atoms. The summed E-state index contributed by atoms with van der Waals surface area (Å²) in [6.45, 7) is 4.29. The summed E-state index contributed by atoms with van der Waals surface area (Å²) in [5, 5.41) is 2.83. The van der Waals surface area contributed by atoms with Crippen molar-refractivity contribution in [2.24, 2.45) is 0 Å². The molecule has 2 aromatic rings. The van der Waals surface area contributed by atoms with Crippen molar-refractivity contribution >= 4 is 31.6 Å². The lowest BCUT2D eigenvalue weighted by Crippen LogP contribution is -2.03. The second-order valence-electron chi connectivity index (χ2n) is 3.86. The van der Waals surface area contributed by atoms with Crippen molar-refractivity contribution in [3.63, 3.8) is 0 Å². The number of benzene rings is 2. The standard InChI is InChI=1S/C14H15P.ClH/c1-11-5-3-7-13(9-11)15-14-8-4-6-12(2)10-14;/h3-10,15H,1-2H3;1H. The maximum absolute atomic E-state index is 2.26. The summed E-state index contributed by atoms with van der Waals surface area (Å²) in [5.74, 6) is 0. The first-order valence-electron chi connectivity index (χ1n) is 5.14. The van der Waals surface area contributed by atoms with Gasteiger partial charge in [0.2, 0.25) is 0 Å². The van der Waals surface area contributed by atoms with Gasteiger partial charge in [-0.1, -0.05) is 68.2 Å². The SMILES string of the molecule is Cc1cccc(Pc2cccc(C)c2)c1.Cl. The number of hydrogen-bond acceptors (Lipinski definition) is 0. The summed E-state index contributed by atoms with van der Waals surface area (Å²) < 4.78 is 0. The molecule has 0 heterocycles. The van der Waals surface area contributed by atoms with Crippen LogP contribution in [0.2, 0.25) is 0 Å². The third kappa shape index (κ3) is 3.63. The summed E-state index contributed by atoms with van der Waals surface area (Å²) in [6.07, 6.45) is 0. The molecule has 2 heteroatoms. The second kappa shape index (κ2) is 6.03. The van der Waals surface area contributed by atoms with Crippen LogP contribution in [0.3, 0.4) is 0 Å². The maximum atomic E-state index is 2.26. The largest absolute Gasteiger partial charge is 0.147 e. The van der Waals surface area contributed by atoms with Gasteiger partial charge in [-0.15, -0.1) is 12.4 Å². The minimum Gasteiger partial charge on any atom is -0.147 e. The van der Waals surface area contributed by atoms with Crippen molar-refractivity contribution in [1.82, 2.24) is 0 Å². The first kappa shape index (κ1) is 13.2. The Kier molecular flexibility index (Phi) is 4.99. The van der Waals surface area contributed by atoms with Crippen molar-refractivity contribution in [2.45, 2.75) is 13.8 Å². The van der Waals surface area contributed by atoms with Crippen LogP contribution in [0.4, 0.5) is 0 Å². The van der Waals surface area contributed by atoms with E-state index < -0.39 is 0 Å². The van der Waals surface area contributed by atoms with Crippen LogP contribution in [-0.4, -0.2) is 0 Å². The molecular weight excluding hydrogens is 235 g/mol. The highest BCUT2D eigenvalue weighted by atomic mass is 35.5. The summed E-state index contributed by atoms with van der Waals surface area (Å²) in [5.41, 5.74) is 2.68. The fourth-order valence-corrected chi connectivity index (χ4v) is 2.90. The van der Waals surface area contributed by atoms with Gasteiger partial charge in [-0.3, -0.25) is 0 Å². The van der Waals surface area contributed by atoms with E-state index in [1.165, 1.54) is 21.7 Å². The van der Waals surface area contributed by atoms with E-state index in [9.17, 15) is 0 Å². The van der Waals surface area contributed by atoms with Gasteiger partial charge in [0.05, 0.1) is 0 Å². The predicted molar refractivity (Wildman–Crippen MR) is 77.2 cm³/mol. The zero-order valence-corrected chi connectivity index (χ0v) is 11.3. The quantitative estimate of drug-likeness (QED) is 0.717. The molecule has 0 amide bonds. The van der Waals surface area contributed by atoms with E-state index in [4.69, 9.17) is 0 Å². The Hall–Kier alpha value is -0.840. The summed E-state index contributed by atoms with van der Waals surface area (Å²) >= 11 is 0. The van der Waals surface area contributed by atoms with Gasteiger partial charge in [-0.2, -0.15) is 0 Å². The Morgan fingerprint density at radius 1 is 0.750 bits per heavy atom. The molecule has 0 saturated carbocycles. The van der Waals surface area contributed by atoms with Crippen molar-refractivity contribution in [3.8, 4) is 0 Å². The smallest absolute Gasteiger partial charge is 0.0224 e. The van der Waals surface area contributed by atoms with E-state index in [-0.39, 0.29) is 12.4 Å². The number of rotatable bonds is 2. The van der Waals surface area contributed by atoms with E-state index in [1.54, 1.807) is 0 Å². The Bertz CT molecular complexity index is 422. The van der Waals surface area contributed by atoms with Crippen molar-refractivity contribution < 1.29 is 0 Å². The number of hydrogen-bond donors (Lipinski definition) is 0. The lowest BCUT2D eigenvalue weighted by atomic mass is 10.2. The van der Waals surface area contributed by atoms with Crippen molar-refractivity contribution in [1.29, 1.82) is 0 Å². The second-order valence-corrected chi connectivity index (χ2v) is 5.27. The molecule has 0 fully saturated rings. The molecule has 16 heavy (non-hydrogen) atoms. The van der Waals surface area contributed by atoms with E-state index in [1.807, 2.05) is 0 Å². The minimum absolute atomic E-state index is 0. The van der Waals surface area contributed by atoms with Crippen LogP contribution in [-0.2, 0) is 0 Å². The van der Waals surface area contributed by atoms with E-state index in [2.05, 4.69) is 62.4 Å². The molecule has 2 rings (SSSR count). The van der Waals surface area contributed by atoms with Crippen molar-refractivity contribution in [2.75, 3.05) is 0 Å². The van der Waals surface area contributed by atoms with Crippen LogP contribution >= 0.6 is 21.0 Å². The predicted octanol–water partition coefficient (Wildman–Crippen LogP) is 3.35. The van der Waals surface area contributed by atoms with Crippen LogP contribution in [0.25, 0.3) is 0 Å². The van der Waals surface area contributed by atoms with Gasteiger partial charge >= 0.3 is 0 Å². The first-order valence-corrected chi connectivity index (χ1v) is 6.14. The van der Waals surface area contributed by atoms with Gasteiger partial charge in [-0.05, 0) is 24.5 Å². The highest BCUT2D eigenvalue weighted by Gasteiger charge is 1.96. The van der Waals surface area contributed by atoms with Crippen LogP contribution in [0.15, 0.2) is 48.5 Å². The molecule has 2 aromatic carbocycles. The molecule has 0 atom stereocenters. The zero-order chi connectivity index (χ0) is 10.7. The maximum Gasteiger partial charge on any atom is -0.0224 e. The highest BCUT2D eigenvalue weighted by molar-refractivity contribution is 7.55. The molecule has 84 valence electrons. The summed E-state index contributed by atoms with van der Waals surface area (Å²) in [7, 11) is 0.770. The summed E-state index contributed by atoms with van der Waals surface area (Å²) in [6, 6.07) is 17.5. The van der Waals surface area contributed by atoms with E-state index in [0.29, 0.717) is 0 Å². The lowest BCUT2D eigenvalue weighted by Gasteiger charge is -2.04. The molecule has 0 aliphatic carbocycles. The van der Waals surface area contributed by atoms with Gasteiger partial charge in [0.15, 0.2) is 0 Å². The topological polar surface area (TPSA) is 0 Å². The highest BCUT2D eigenvalue weighted by Crippen LogP contribution is 2.12. The van der Waals surface area contributed by atoms with Gasteiger partial charge in [0.25, 0.3) is 0 Å². The lowest BCUT2D eigenvalue weighted by molar-refractivity contribution is 1.49. The molecule has 0 radical (unpaired) electrons. The molecule has 0 unspecified atom stereocenters. The molecular formula is C14H16ClP. The molecule has 0 nitrogen and oxygen atoms in total. The zero-order valence-electron chi connectivity index (χ0n) is 9.53. The summed E-state index contributed by atoms with van der Waals surface area (Å²) in [4.78, 5) is 0. The van der Waals surface area contributed by atoms with Gasteiger partial charge in [-0.25, -0.2) is 0 Å². The van der Waals surface area contributed by atoms with Gasteiger partial charge in [0.1, 0.15) is 0 Å². The van der Waals surface area contributed by atoms with Gasteiger partial charge < -0.3 is 0 Å². The van der Waals surface area contributed by atoms with Crippen LogP contribution in [0.1, 0.15) is 11.1 Å². The molecule has 0 aromatic heterocycles. The van der Waals surface area contributed by atoms with Gasteiger partial charge in [0, 0.05) is 0 Å². The molecule has 0 saturated heterocycles. The fraction of sp³-hybridized carbons (Fsp3) is 0.143. The van der Waals surface area contributed by atoms with Crippen LogP contribution in [0, 0.1) is 13.8 Å². The third-order valence-corrected chi connectivity index (χ3v) is 3.52. The van der Waals surface area contributed by atoms with E-state index in [0.717, 1.165) is 8.58 Å². The minimum atomic E-state index is 0.